The van der Waals surface area contributed by atoms with E-state index < -0.39 is 0 Å². The van der Waals surface area contributed by atoms with E-state index in [1.165, 1.54) is 16.5 Å². The van der Waals surface area contributed by atoms with Crippen molar-refractivity contribution in [2.75, 3.05) is 0 Å². The summed E-state index contributed by atoms with van der Waals surface area (Å²) in [7, 11) is 2.03. The predicted molar refractivity (Wildman–Crippen MR) is 94.4 cm³/mol. The topological polar surface area (TPSA) is 37.8 Å². The first-order valence-electron chi connectivity index (χ1n) is 7.88. The molecule has 1 N–H and O–H groups in total. The van der Waals surface area contributed by atoms with Gasteiger partial charge in [-0.2, -0.15) is 0 Å². The fourth-order valence-corrected chi connectivity index (χ4v) is 2.65. The van der Waals surface area contributed by atoms with E-state index in [9.17, 15) is 4.79 Å². The highest BCUT2D eigenvalue weighted by atomic mass is 16.1. The van der Waals surface area contributed by atoms with Crippen molar-refractivity contribution in [3.63, 3.8) is 0 Å². The third kappa shape index (κ3) is 2.84. The van der Waals surface area contributed by atoms with E-state index in [4.69, 9.17) is 0 Å². The number of hydrogen-bond donors (Lipinski definition) is 1. The normalized spacial score (nSPS) is 10.4. The van der Waals surface area contributed by atoms with Gasteiger partial charge in [0.15, 0.2) is 0 Å². The number of aromatic amines is 1. The Morgan fingerprint density at radius 2 is 1.86 bits per heavy atom. The highest BCUT2D eigenvalue weighted by molar-refractivity contribution is 5.85. The van der Waals surface area contributed by atoms with Crippen LogP contribution < -0.4 is 5.56 Å². The van der Waals surface area contributed by atoms with Crippen molar-refractivity contribution in [3.8, 4) is 11.3 Å². The molecule has 3 rings (SSSR count). The summed E-state index contributed by atoms with van der Waals surface area (Å²) in [6.07, 6.45) is 2.95. The van der Waals surface area contributed by atoms with Gasteiger partial charge in [0.2, 0.25) is 0 Å². The van der Waals surface area contributed by atoms with Gasteiger partial charge in [-0.3, -0.25) is 4.79 Å². The molecule has 0 bridgehead atoms. The molecule has 3 aromatic rings. The van der Waals surface area contributed by atoms with E-state index in [0.29, 0.717) is 0 Å². The Balaban J connectivity index is 0.000000847. The summed E-state index contributed by atoms with van der Waals surface area (Å²) in [4.78, 5) is 14.9. The Bertz CT molecular complexity index is 840. The fraction of sp³-hybridized carbons (Fsp3) is 0.316. The third-order valence-electron chi connectivity index (χ3n) is 3.87. The molecule has 3 nitrogen and oxygen atoms in total. The van der Waals surface area contributed by atoms with Crippen LogP contribution >= 0.6 is 0 Å². The van der Waals surface area contributed by atoms with Crippen LogP contribution in [0.1, 0.15) is 31.9 Å². The van der Waals surface area contributed by atoms with Gasteiger partial charge in [0.1, 0.15) is 0 Å². The molecule has 0 fully saturated rings. The quantitative estimate of drug-likeness (QED) is 0.746. The minimum atomic E-state index is -0.0100. The van der Waals surface area contributed by atoms with Gasteiger partial charge in [-0.1, -0.05) is 32.9 Å². The van der Waals surface area contributed by atoms with Crippen LogP contribution in [0.4, 0.5) is 0 Å². The van der Waals surface area contributed by atoms with Crippen molar-refractivity contribution in [1.29, 1.82) is 0 Å². The smallest absolute Gasteiger partial charge is 0.251 e. The van der Waals surface area contributed by atoms with Crippen LogP contribution in [0.2, 0.25) is 0 Å². The Hall–Kier alpha value is -2.29. The number of pyridine rings is 1. The van der Waals surface area contributed by atoms with Crippen LogP contribution in [0.5, 0.6) is 0 Å². The van der Waals surface area contributed by atoms with Crippen molar-refractivity contribution in [1.82, 2.24) is 9.55 Å². The number of hydrogen-bond acceptors (Lipinski definition) is 1. The molecule has 0 aliphatic heterocycles. The third-order valence-corrected chi connectivity index (χ3v) is 3.87. The van der Waals surface area contributed by atoms with Gasteiger partial charge in [-0.05, 0) is 42.5 Å². The minimum absolute atomic E-state index is 0.0100. The van der Waals surface area contributed by atoms with Crippen LogP contribution in [0.25, 0.3) is 22.2 Å². The largest absolute Gasteiger partial charge is 0.351 e. The second-order valence-corrected chi connectivity index (χ2v) is 5.24. The van der Waals surface area contributed by atoms with E-state index in [1.807, 2.05) is 40.1 Å². The van der Waals surface area contributed by atoms with Crippen LogP contribution in [0, 0.1) is 6.92 Å². The second-order valence-electron chi connectivity index (χ2n) is 5.24. The number of H-pyrrole nitrogens is 1. The SMILES string of the molecule is CC.CCc1cc(C)c(=O)[nH]c1-c1ccc2ccn(C)c2c1. The molecule has 0 unspecified atom stereocenters. The summed E-state index contributed by atoms with van der Waals surface area (Å²) in [5, 5.41) is 1.21. The molecule has 0 atom stereocenters. The summed E-state index contributed by atoms with van der Waals surface area (Å²) in [6, 6.07) is 10.4. The monoisotopic (exact) mass is 296 g/mol. The van der Waals surface area contributed by atoms with E-state index in [1.54, 1.807) is 0 Å². The molecule has 1 aromatic carbocycles. The van der Waals surface area contributed by atoms with Crippen molar-refractivity contribution < 1.29 is 0 Å². The lowest BCUT2D eigenvalue weighted by Gasteiger charge is -2.10. The van der Waals surface area contributed by atoms with Gasteiger partial charge in [-0.15, -0.1) is 0 Å². The zero-order chi connectivity index (χ0) is 16.3. The summed E-state index contributed by atoms with van der Waals surface area (Å²) >= 11 is 0. The van der Waals surface area contributed by atoms with Gasteiger partial charge in [0.25, 0.3) is 5.56 Å². The first-order valence-corrected chi connectivity index (χ1v) is 7.88. The van der Waals surface area contributed by atoms with Gasteiger partial charge < -0.3 is 9.55 Å². The molecule has 2 heterocycles. The number of fused-ring (bicyclic) bond motifs is 1. The lowest BCUT2D eigenvalue weighted by atomic mass is 10.0. The lowest BCUT2D eigenvalue weighted by molar-refractivity contribution is 0.969. The molecule has 0 saturated carbocycles. The summed E-state index contributed by atoms with van der Waals surface area (Å²) < 4.78 is 2.09. The van der Waals surface area contributed by atoms with E-state index >= 15 is 0 Å². The van der Waals surface area contributed by atoms with Crippen LogP contribution in [-0.2, 0) is 13.5 Å². The molecule has 0 aliphatic rings. The van der Waals surface area contributed by atoms with Crippen LogP contribution in [0.3, 0.4) is 0 Å². The Labute approximate surface area is 131 Å². The number of aryl methyl sites for hydroxylation is 3. The summed E-state index contributed by atoms with van der Waals surface area (Å²) in [5.74, 6) is 0. The number of aromatic nitrogens is 2. The molecule has 22 heavy (non-hydrogen) atoms. The van der Waals surface area contributed by atoms with Crippen molar-refractivity contribution >= 4 is 10.9 Å². The van der Waals surface area contributed by atoms with Gasteiger partial charge in [-0.25, -0.2) is 0 Å². The molecule has 0 saturated heterocycles. The minimum Gasteiger partial charge on any atom is -0.351 e. The number of benzene rings is 1. The van der Waals surface area contributed by atoms with E-state index in [0.717, 1.165) is 23.2 Å². The average Bonchev–Trinajstić information content (AvgIpc) is 2.92. The zero-order valence-electron chi connectivity index (χ0n) is 14.0. The highest BCUT2D eigenvalue weighted by Crippen LogP contribution is 2.26. The number of nitrogens with one attached hydrogen (secondary N) is 1. The molecule has 0 spiro atoms. The maximum atomic E-state index is 11.9. The van der Waals surface area contributed by atoms with Crippen molar-refractivity contribution in [2.45, 2.75) is 34.1 Å². The van der Waals surface area contributed by atoms with Crippen LogP contribution in [0.15, 0.2) is 41.3 Å². The standard InChI is InChI=1S/C17H18N2O.C2H6/c1-4-12-9-11(2)17(20)18-16(12)14-6-5-13-7-8-19(3)15(13)10-14;1-2/h5-10H,4H2,1-3H3,(H,18,20);1-2H3. The van der Waals surface area contributed by atoms with Gasteiger partial charge in [0.05, 0.1) is 5.69 Å². The van der Waals surface area contributed by atoms with E-state index in [2.05, 4.69) is 40.7 Å². The molecule has 2 aromatic heterocycles. The average molecular weight is 296 g/mol. The van der Waals surface area contributed by atoms with Gasteiger partial charge >= 0.3 is 0 Å². The maximum absolute atomic E-state index is 11.9. The van der Waals surface area contributed by atoms with Crippen molar-refractivity contribution in [2.24, 2.45) is 7.05 Å². The second kappa shape index (κ2) is 6.65. The van der Waals surface area contributed by atoms with E-state index in [-0.39, 0.29) is 5.56 Å². The molecule has 116 valence electrons. The first kappa shape index (κ1) is 16.1. The Kier molecular flexibility index (Phi) is 4.86. The zero-order valence-corrected chi connectivity index (χ0v) is 14.0. The molecule has 0 radical (unpaired) electrons. The van der Waals surface area contributed by atoms with Gasteiger partial charge in [0, 0.05) is 29.9 Å². The highest BCUT2D eigenvalue weighted by Gasteiger charge is 2.09. The Morgan fingerprint density at radius 3 is 2.55 bits per heavy atom. The molecule has 0 amide bonds. The molecular formula is C19H24N2O. The fourth-order valence-electron chi connectivity index (χ4n) is 2.65. The first-order chi connectivity index (χ1) is 10.6. The molecular weight excluding hydrogens is 272 g/mol. The summed E-state index contributed by atoms with van der Waals surface area (Å²) in [5.41, 5.74) is 5.11. The number of rotatable bonds is 2. The maximum Gasteiger partial charge on any atom is 0.251 e. The summed E-state index contributed by atoms with van der Waals surface area (Å²) in [6.45, 7) is 7.96. The predicted octanol–water partition coefficient (Wildman–Crippen LogP) is 4.43. The Morgan fingerprint density at radius 1 is 1.14 bits per heavy atom. The van der Waals surface area contributed by atoms with Crippen LogP contribution in [-0.4, -0.2) is 9.55 Å². The number of nitrogens with zero attached hydrogens (tertiary/aromatic N) is 1. The van der Waals surface area contributed by atoms with Crippen molar-refractivity contribution in [3.05, 3.63) is 58.0 Å². The lowest BCUT2D eigenvalue weighted by Crippen LogP contribution is -2.12. The molecule has 0 aliphatic carbocycles. The molecule has 3 heteroatoms.